The van der Waals surface area contributed by atoms with Gasteiger partial charge in [-0.25, -0.2) is 0 Å². The Hall–Kier alpha value is -0.370. The molecule has 122 valence electrons. The number of hydrogen-bond acceptors (Lipinski definition) is 2. The van der Waals surface area contributed by atoms with Crippen molar-refractivity contribution in [3.63, 3.8) is 0 Å². The third-order valence-corrected chi connectivity index (χ3v) is 5.91. The van der Waals surface area contributed by atoms with E-state index in [1.807, 2.05) is 0 Å². The number of nitrogens with zero attached hydrogens (tertiary/aromatic N) is 1. The molecule has 1 saturated carbocycles. The molecule has 0 bridgehead atoms. The Bertz CT molecular complexity index is 344. The van der Waals surface area contributed by atoms with E-state index in [-0.39, 0.29) is 0 Å². The quantitative estimate of drug-likeness (QED) is 0.753. The van der Waals surface area contributed by atoms with E-state index < -0.39 is 0 Å². The predicted molar refractivity (Wildman–Crippen MR) is 89.4 cm³/mol. The summed E-state index contributed by atoms with van der Waals surface area (Å²) in [5.41, 5.74) is 0.349. The van der Waals surface area contributed by atoms with Crippen molar-refractivity contribution in [3.05, 3.63) is 0 Å². The molecule has 2 heteroatoms. The Morgan fingerprint density at radius 3 is 2.57 bits per heavy atom. The lowest BCUT2D eigenvalue weighted by atomic mass is 9.68. The van der Waals surface area contributed by atoms with E-state index in [2.05, 4.69) is 32.6 Å². The lowest BCUT2D eigenvalue weighted by Gasteiger charge is -2.39. The van der Waals surface area contributed by atoms with Crippen molar-refractivity contribution in [2.45, 2.75) is 85.1 Å². The molecule has 0 radical (unpaired) electrons. The summed E-state index contributed by atoms with van der Waals surface area (Å²) in [6.45, 7) is 11.6. The number of rotatable bonds is 3. The molecular weight excluding hydrogens is 258 g/mol. The van der Waals surface area contributed by atoms with Crippen LogP contribution >= 0.6 is 0 Å². The van der Waals surface area contributed by atoms with Gasteiger partial charge in [-0.1, -0.05) is 40.5 Å². The van der Waals surface area contributed by atoms with Gasteiger partial charge in [0.2, 0.25) is 0 Å². The van der Waals surface area contributed by atoms with Crippen molar-refractivity contribution >= 4 is 5.78 Å². The molecule has 0 N–H and O–H groups in total. The largest absolute Gasteiger partial charge is 0.300 e. The van der Waals surface area contributed by atoms with Gasteiger partial charge in [0.1, 0.15) is 5.78 Å². The van der Waals surface area contributed by atoms with Gasteiger partial charge in [-0.15, -0.1) is 0 Å². The molecule has 21 heavy (non-hydrogen) atoms. The molecule has 3 unspecified atom stereocenters. The first kappa shape index (κ1) is 17.0. The lowest BCUT2D eigenvalue weighted by molar-refractivity contribution is -0.127. The second-order valence-electron chi connectivity index (χ2n) is 8.41. The maximum atomic E-state index is 12.4. The van der Waals surface area contributed by atoms with Crippen molar-refractivity contribution in [1.29, 1.82) is 0 Å². The van der Waals surface area contributed by atoms with Crippen LogP contribution in [0, 0.1) is 17.3 Å². The summed E-state index contributed by atoms with van der Waals surface area (Å²) < 4.78 is 0. The summed E-state index contributed by atoms with van der Waals surface area (Å²) in [5.74, 6) is 1.55. The van der Waals surface area contributed by atoms with Gasteiger partial charge in [0, 0.05) is 24.9 Å². The summed E-state index contributed by atoms with van der Waals surface area (Å²) in [7, 11) is 0. The molecular formula is C19H35NO. The second-order valence-corrected chi connectivity index (χ2v) is 8.41. The molecule has 0 spiro atoms. The number of ketones is 1. The van der Waals surface area contributed by atoms with E-state index in [1.165, 1.54) is 38.6 Å². The summed E-state index contributed by atoms with van der Waals surface area (Å²) in [6, 6.07) is 0.718. The van der Waals surface area contributed by atoms with E-state index in [0.29, 0.717) is 23.0 Å². The number of carbonyl (C=O) groups excluding carboxylic acids is 1. The molecule has 1 aliphatic heterocycles. The van der Waals surface area contributed by atoms with Gasteiger partial charge < -0.3 is 0 Å². The SMILES string of the molecule is CCC1CCCCCN1CC1CC(C(C)(C)C)CCC1=O. The van der Waals surface area contributed by atoms with Crippen LogP contribution in [0.4, 0.5) is 0 Å². The average molecular weight is 293 g/mol. The molecule has 1 saturated heterocycles. The van der Waals surface area contributed by atoms with E-state index in [1.54, 1.807) is 0 Å². The Kier molecular flexibility index (Phi) is 5.88. The maximum Gasteiger partial charge on any atom is 0.137 e. The molecule has 2 fully saturated rings. The average Bonchev–Trinajstić information content (AvgIpc) is 2.65. The van der Waals surface area contributed by atoms with Crippen molar-refractivity contribution in [1.82, 2.24) is 4.90 Å². The Morgan fingerprint density at radius 1 is 1.14 bits per heavy atom. The molecule has 1 heterocycles. The molecule has 0 aromatic rings. The Balaban J connectivity index is 1.99. The molecule has 1 aliphatic carbocycles. The van der Waals surface area contributed by atoms with Crippen molar-refractivity contribution < 1.29 is 4.79 Å². The highest BCUT2D eigenvalue weighted by Gasteiger charge is 2.36. The Labute approximate surface area is 131 Å². The lowest BCUT2D eigenvalue weighted by Crippen LogP contribution is -2.43. The highest BCUT2D eigenvalue weighted by molar-refractivity contribution is 5.82. The minimum absolute atomic E-state index is 0.301. The van der Waals surface area contributed by atoms with Crippen LogP contribution in [-0.2, 0) is 4.79 Å². The number of carbonyl (C=O) groups is 1. The van der Waals surface area contributed by atoms with Crippen molar-refractivity contribution in [2.75, 3.05) is 13.1 Å². The minimum atomic E-state index is 0.301. The second kappa shape index (κ2) is 7.26. The van der Waals surface area contributed by atoms with E-state index in [4.69, 9.17) is 0 Å². The highest BCUT2D eigenvalue weighted by Crippen LogP contribution is 2.39. The third-order valence-electron chi connectivity index (χ3n) is 5.91. The zero-order chi connectivity index (χ0) is 15.5. The summed E-state index contributed by atoms with van der Waals surface area (Å²) in [5, 5.41) is 0. The van der Waals surface area contributed by atoms with Crippen molar-refractivity contribution in [2.24, 2.45) is 17.3 Å². The van der Waals surface area contributed by atoms with Gasteiger partial charge in [0.15, 0.2) is 0 Å². The first-order valence-corrected chi connectivity index (χ1v) is 9.18. The molecule has 2 rings (SSSR count). The number of likely N-dealkylation sites (tertiary alicyclic amines) is 1. The monoisotopic (exact) mass is 293 g/mol. The van der Waals surface area contributed by atoms with Crippen LogP contribution in [0.2, 0.25) is 0 Å². The minimum Gasteiger partial charge on any atom is -0.300 e. The fourth-order valence-electron chi connectivity index (χ4n) is 4.30. The molecule has 0 aromatic heterocycles. The normalized spacial score (nSPS) is 33.0. The predicted octanol–water partition coefficient (Wildman–Crippen LogP) is 4.67. The molecule has 0 amide bonds. The van der Waals surface area contributed by atoms with Crippen molar-refractivity contribution in [3.8, 4) is 0 Å². The molecule has 3 atom stereocenters. The van der Waals surface area contributed by atoms with Crippen LogP contribution in [0.3, 0.4) is 0 Å². The van der Waals surface area contributed by atoms with Gasteiger partial charge in [-0.2, -0.15) is 0 Å². The van der Waals surface area contributed by atoms with Gasteiger partial charge in [0.05, 0.1) is 0 Å². The van der Waals surface area contributed by atoms with Gasteiger partial charge >= 0.3 is 0 Å². The zero-order valence-electron chi connectivity index (χ0n) is 14.7. The molecule has 2 nitrogen and oxygen atoms in total. The number of Topliss-reactive ketones (excluding diaryl/α,β-unsaturated/α-hetero) is 1. The fourth-order valence-corrected chi connectivity index (χ4v) is 4.30. The topological polar surface area (TPSA) is 20.3 Å². The highest BCUT2D eigenvalue weighted by atomic mass is 16.1. The van der Waals surface area contributed by atoms with E-state index in [0.717, 1.165) is 31.8 Å². The zero-order valence-corrected chi connectivity index (χ0v) is 14.7. The molecule has 0 aromatic carbocycles. The fraction of sp³-hybridized carbons (Fsp3) is 0.947. The Morgan fingerprint density at radius 2 is 1.90 bits per heavy atom. The standard InChI is InChI=1S/C19H35NO/c1-5-17-9-7-6-8-12-20(17)14-15-13-16(19(2,3)4)10-11-18(15)21/h15-17H,5-14H2,1-4H3. The molecule has 2 aliphatic rings. The van der Waals surface area contributed by atoms with Gasteiger partial charge in [0.25, 0.3) is 0 Å². The number of hydrogen-bond donors (Lipinski definition) is 0. The van der Waals surface area contributed by atoms with Crippen LogP contribution < -0.4 is 0 Å². The maximum absolute atomic E-state index is 12.4. The summed E-state index contributed by atoms with van der Waals surface area (Å²) >= 11 is 0. The van der Waals surface area contributed by atoms with Crippen LogP contribution in [0.1, 0.15) is 79.1 Å². The van der Waals surface area contributed by atoms with E-state index >= 15 is 0 Å². The van der Waals surface area contributed by atoms with Crippen LogP contribution in [0.25, 0.3) is 0 Å². The smallest absolute Gasteiger partial charge is 0.137 e. The summed E-state index contributed by atoms with van der Waals surface area (Å²) in [6.07, 6.45) is 9.68. The van der Waals surface area contributed by atoms with Gasteiger partial charge in [-0.05, 0) is 50.0 Å². The van der Waals surface area contributed by atoms with E-state index in [9.17, 15) is 4.79 Å². The van der Waals surface area contributed by atoms with Gasteiger partial charge in [-0.3, -0.25) is 9.69 Å². The summed E-state index contributed by atoms with van der Waals surface area (Å²) in [4.78, 5) is 15.0. The van der Waals surface area contributed by atoms with Crippen LogP contribution in [-0.4, -0.2) is 29.8 Å². The first-order valence-electron chi connectivity index (χ1n) is 9.18. The third kappa shape index (κ3) is 4.55. The van der Waals surface area contributed by atoms with Crippen LogP contribution in [0.15, 0.2) is 0 Å². The van der Waals surface area contributed by atoms with Crippen LogP contribution in [0.5, 0.6) is 0 Å². The first-order chi connectivity index (χ1) is 9.91.